The van der Waals surface area contributed by atoms with Crippen molar-refractivity contribution in [2.75, 3.05) is 6.54 Å². The minimum absolute atomic E-state index is 0.0368. The topological polar surface area (TPSA) is 67.1 Å². The molecule has 0 aliphatic carbocycles. The number of rotatable bonds is 6. The van der Waals surface area contributed by atoms with Gasteiger partial charge in [-0.05, 0) is 13.3 Å². The Morgan fingerprint density at radius 3 is 2.68 bits per heavy atom. The Morgan fingerprint density at radius 1 is 1.32 bits per heavy atom. The highest BCUT2D eigenvalue weighted by molar-refractivity contribution is 7.11. The van der Waals surface area contributed by atoms with Gasteiger partial charge in [-0.2, -0.15) is 18.3 Å². The Balaban J connectivity index is 2.07. The Kier molecular flexibility index (Phi) is 6.40. The molecule has 0 spiro atoms. The fourth-order valence-electron chi connectivity index (χ4n) is 2.15. The van der Waals surface area contributed by atoms with Crippen LogP contribution in [0.3, 0.4) is 0 Å². The standard InChI is InChI=1S/C15H21F3N6S/c1-4-11-7-20-12(25-11)8-22-14(19-5-2)21-6-10-9-24(3)23-13(10)15(16,17)18/h7,9H,4-6,8H2,1-3H3,(H2,19,21,22). The van der Waals surface area contributed by atoms with E-state index in [0.29, 0.717) is 19.0 Å². The summed E-state index contributed by atoms with van der Waals surface area (Å²) in [4.78, 5) is 9.71. The summed E-state index contributed by atoms with van der Waals surface area (Å²) in [7, 11) is 1.46. The van der Waals surface area contributed by atoms with Crippen molar-refractivity contribution in [1.29, 1.82) is 0 Å². The smallest absolute Gasteiger partial charge is 0.357 e. The normalized spacial score (nSPS) is 12.5. The van der Waals surface area contributed by atoms with Crippen LogP contribution in [0.5, 0.6) is 0 Å². The van der Waals surface area contributed by atoms with E-state index in [2.05, 4.69) is 32.6 Å². The molecule has 0 saturated carbocycles. The summed E-state index contributed by atoms with van der Waals surface area (Å²) in [6.45, 7) is 4.90. The number of hydrogen-bond acceptors (Lipinski definition) is 4. The Bertz CT molecular complexity index is 719. The van der Waals surface area contributed by atoms with Gasteiger partial charge in [0.2, 0.25) is 0 Å². The van der Waals surface area contributed by atoms with Crippen LogP contribution in [-0.4, -0.2) is 27.3 Å². The van der Waals surface area contributed by atoms with E-state index >= 15 is 0 Å². The number of nitrogens with zero attached hydrogens (tertiary/aromatic N) is 4. The van der Waals surface area contributed by atoms with Crippen molar-refractivity contribution in [2.45, 2.75) is 39.5 Å². The first-order chi connectivity index (χ1) is 11.8. The number of thiazole rings is 1. The Hall–Kier alpha value is -2.10. The molecule has 0 amide bonds. The van der Waals surface area contributed by atoms with Crippen molar-refractivity contribution in [3.05, 3.63) is 33.5 Å². The number of aromatic nitrogens is 3. The molecule has 2 rings (SSSR count). The Labute approximate surface area is 148 Å². The van der Waals surface area contributed by atoms with E-state index < -0.39 is 11.9 Å². The minimum atomic E-state index is -4.49. The number of guanidine groups is 1. The Morgan fingerprint density at radius 2 is 2.08 bits per heavy atom. The third-order valence-corrected chi connectivity index (χ3v) is 4.42. The predicted octanol–water partition coefficient (Wildman–Crippen LogP) is 2.71. The van der Waals surface area contributed by atoms with Crippen molar-refractivity contribution < 1.29 is 13.2 Å². The van der Waals surface area contributed by atoms with Gasteiger partial charge in [-0.1, -0.05) is 6.92 Å². The van der Waals surface area contributed by atoms with Gasteiger partial charge in [-0.15, -0.1) is 11.3 Å². The molecular formula is C15H21F3N6S. The van der Waals surface area contributed by atoms with Gasteiger partial charge in [0.1, 0.15) is 5.01 Å². The number of alkyl halides is 3. The van der Waals surface area contributed by atoms with Gasteiger partial charge in [0, 0.05) is 36.4 Å². The first-order valence-corrected chi connectivity index (χ1v) is 8.70. The van der Waals surface area contributed by atoms with E-state index in [1.807, 2.05) is 13.1 Å². The minimum Gasteiger partial charge on any atom is -0.357 e. The highest BCUT2D eigenvalue weighted by atomic mass is 32.1. The molecule has 2 heterocycles. The molecule has 6 nitrogen and oxygen atoms in total. The molecular weight excluding hydrogens is 353 g/mol. The maximum absolute atomic E-state index is 13.0. The summed E-state index contributed by atoms with van der Waals surface area (Å²) in [6, 6.07) is 0. The van der Waals surface area contributed by atoms with Crippen LogP contribution >= 0.6 is 11.3 Å². The lowest BCUT2D eigenvalue weighted by atomic mass is 10.2. The van der Waals surface area contributed by atoms with Crippen LogP contribution in [-0.2, 0) is 32.7 Å². The van der Waals surface area contributed by atoms with Gasteiger partial charge in [0.15, 0.2) is 11.7 Å². The van der Waals surface area contributed by atoms with Crippen LogP contribution in [0.25, 0.3) is 0 Å². The van der Waals surface area contributed by atoms with E-state index in [1.165, 1.54) is 18.1 Å². The molecule has 2 aromatic heterocycles. The van der Waals surface area contributed by atoms with Crippen molar-refractivity contribution >= 4 is 17.3 Å². The van der Waals surface area contributed by atoms with Gasteiger partial charge in [0.05, 0.1) is 13.1 Å². The number of hydrogen-bond donors (Lipinski definition) is 2. The maximum atomic E-state index is 13.0. The van der Waals surface area contributed by atoms with Crippen molar-refractivity contribution in [2.24, 2.45) is 12.0 Å². The molecule has 2 aromatic rings. The van der Waals surface area contributed by atoms with Crippen LogP contribution in [0, 0.1) is 0 Å². The molecule has 0 aliphatic heterocycles. The molecule has 0 bridgehead atoms. The largest absolute Gasteiger partial charge is 0.435 e. The summed E-state index contributed by atoms with van der Waals surface area (Å²) in [5, 5.41) is 10.5. The fourth-order valence-corrected chi connectivity index (χ4v) is 2.95. The van der Waals surface area contributed by atoms with Crippen LogP contribution in [0.2, 0.25) is 0 Å². The average Bonchev–Trinajstić information content (AvgIpc) is 3.15. The van der Waals surface area contributed by atoms with Gasteiger partial charge in [0.25, 0.3) is 0 Å². The first kappa shape index (κ1) is 19.2. The quantitative estimate of drug-likeness (QED) is 0.603. The summed E-state index contributed by atoms with van der Waals surface area (Å²) < 4.78 is 40.1. The van der Waals surface area contributed by atoms with Crippen LogP contribution in [0.1, 0.15) is 35.0 Å². The van der Waals surface area contributed by atoms with Crippen molar-refractivity contribution in [3.63, 3.8) is 0 Å². The molecule has 0 atom stereocenters. The van der Waals surface area contributed by atoms with E-state index in [1.54, 1.807) is 11.3 Å². The molecule has 25 heavy (non-hydrogen) atoms. The summed E-state index contributed by atoms with van der Waals surface area (Å²) in [5.74, 6) is 0.438. The summed E-state index contributed by atoms with van der Waals surface area (Å²) in [5.41, 5.74) is -0.864. The van der Waals surface area contributed by atoms with E-state index in [4.69, 9.17) is 0 Å². The molecule has 0 saturated heterocycles. The average molecular weight is 374 g/mol. The monoisotopic (exact) mass is 374 g/mol. The van der Waals surface area contributed by atoms with E-state index in [-0.39, 0.29) is 12.1 Å². The molecule has 10 heteroatoms. The molecule has 0 unspecified atom stereocenters. The molecule has 0 radical (unpaired) electrons. The zero-order valence-electron chi connectivity index (χ0n) is 14.3. The van der Waals surface area contributed by atoms with Crippen molar-refractivity contribution in [1.82, 2.24) is 25.4 Å². The van der Waals surface area contributed by atoms with Gasteiger partial charge in [-0.25, -0.2) is 9.98 Å². The maximum Gasteiger partial charge on any atom is 0.435 e. The van der Waals surface area contributed by atoms with Gasteiger partial charge >= 0.3 is 6.18 Å². The van der Waals surface area contributed by atoms with Gasteiger partial charge < -0.3 is 10.6 Å². The summed E-state index contributed by atoms with van der Waals surface area (Å²) in [6.07, 6.45) is -0.399. The first-order valence-electron chi connectivity index (χ1n) is 7.89. The number of nitrogens with one attached hydrogen (secondary N) is 2. The number of aryl methyl sites for hydroxylation is 2. The van der Waals surface area contributed by atoms with E-state index in [0.717, 1.165) is 16.1 Å². The van der Waals surface area contributed by atoms with Crippen molar-refractivity contribution in [3.8, 4) is 0 Å². The zero-order valence-corrected chi connectivity index (χ0v) is 15.1. The number of aliphatic imine (C=N–C) groups is 1. The lowest BCUT2D eigenvalue weighted by Gasteiger charge is -2.10. The second-order valence-electron chi connectivity index (χ2n) is 5.30. The highest BCUT2D eigenvalue weighted by Gasteiger charge is 2.36. The molecule has 0 fully saturated rings. The molecule has 138 valence electrons. The molecule has 2 N–H and O–H groups in total. The highest BCUT2D eigenvalue weighted by Crippen LogP contribution is 2.30. The lowest BCUT2D eigenvalue weighted by Crippen LogP contribution is -2.36. The zero-order chi connectivity index (χ0) is 18.4. The second kappa shape index (κ2) is 8.32. The van der Waals surface area contributed by atoms with Crippen LogP contribution in [0.4, 0.5) is 13.2 Å². The third-order valence-electron chi connectivity index (χ3n) is 3.28. The predicted molar refractivity (Wildman–Crippen MR) is 91.4 cm³/mol. The van der Waals surface area contributed by atoms with Crippen LogP contribution < -0.4 is 10.6 Å². The second-order valence-corrected chi connectivity index (χ2v) is 6.50. The van der Waals surface area contributed by atoms with Crippen LogP contribution in [0.15, 0.2) is 17.4 Å². The fraction of sp³-hybridized carbons (Fsp3) is 0.533. The van der Waals surface area contributed by atoms with Gasteiger partial charge in [-0.3, -0.25) is 4.68 Å². The third kappa shape index (κ3) is 5.45. The SMILES string of the molecule is CCNC(=NCc1cn(C)nc1C(F)(F)F)NCc1ncc(CC)s1. The number of halogens is 3. The summed E-state index contributed by atoms with van der Waals surface area (Å²) >= 11 is 1.60. The molecule has 0 aromatic carbocycles. The lowest BCUT2D eigenvalue weighted by molar-refractivity contribution is -0.142. The molecule has 0 aliphatic rings. The van der Waals surface area contributed by atoms with E-state index in [9.17, 15) is 13.2 Å².